The van der Waals surface area contributed by atoms with Crippen LogP contribution in [0.2, 0.25) is 0 Å². The molecule has 5 nitrogen and oxygen atoms in total. The number of rotatable bonds is 7. The molecule has 1 aromatic rings. The van der Waals surface area contributed by atoms with E-state index in [1.807, 2.05) is 0 Å². The molecule has 1 aliphatic carbocycles. The van der Waals surface area contributed by atoms with Crippen LogP contribution in [0.1, 0.15) is 32.6 Å². The Hall–Kier alpha value is -1.10. The van der Waals surface area contributed by atoms with Gasteiger partial charge in [-0.05, 0) is 31.2 Å². The Balaban J connectivity index is 1.68. The monoisotopic (exact) mass is 224 g/mol. The number of nitrogens with one attached hydrogen (secondary N) is 2. The van der Waals surface area contributed by atoms with Crippen LogP contribution in [0.15, 0.2) is 4.42 Å². The Morgan fingerprint density at radius 1 is 1.38 bits per heavy atom. The highest BCUT2D eigenvalue weighted by molar-refractivity contribution is 5.17. The molecule has 1 aliphatic rings. The van der Waals surface area contributed by atoms with Crippen molar-refractivity contribution in [1.29, 1.82) is 0 Å². The second kappa shape index (κ2) is 5.30. The van der Waals surface area contributed by atoms with E-state index in [9.17, 15) is 0 Å². The topological polar surface area (TPSA) is 63.0 Å². The average molecular weight is 224 g/mol. The highest BCUT2D eigenvalue weighted by Crippen LogP contribution is 2.28. The fourth-order valence-corrected chi connectivity index (χ4v) is 1.42. The number of anilines is 1. The molecule has 0 atom stereocenters. The zero-order chi connectivity index (χ0) is 11.4. The maximum Gasteiger partial charge on any atom is 0.315 e. The summed E-state index contributed by atoms with van der Waals surface area (Å²) >= 11 is 0. The molecule has 5 heteroatoms. The predicted octanol–water partition coefficient (Wildman–Crippen LogP) is 1.64. The molecule has 0 aliphatic heterocycles. The van der Waals surface area contributed by atoms with Gasteiger partial charge in [0.1, 0.15) is 0 Å². The van der Waals surface area contributed by atoms with Crippen LogP contribution in [0, 0.1) is 11.8 Å². The SMILES string of the molecule is CC(C)CNCc1nnc(NCC2CC2)o1. The van der Waals surface area contributed by atoms with Gasteiger partial charge < -0.3 is 15.1 Å². The molecule has 1 heterocycles. The van der Waals surface area contributed by atoms with Crippen LogP contribution >= 0.6 is 0 Å². The Bertz CT molecular complexity index is 320. The van der Waals surface area contributed by atoms with Gasteiger partial charge >= 0.3 is 6.01 Å². The lowest BCUT2D eigenvalue weighted by atomic mass is 10.2. The molecule has 0 bridgehead atoms. The zero-order valence-electron chi connectivity index (χ0n) is 9.99. The van der Waals surface area contributed by atoms with E-state index >= 15 is 0 Å². The molecular formula is C11H20N4O. The van der Waals surface area contributed by atoms with Crippen LogP contribution in [0.3, 0.4) is 0 Å². The Morgan fingerprint density at radius 2 is 2.19 bits per heavy atom. The first kappa shape index (κ1) is 11.4. The number of hydrogen-bond donors (Lipinski definition) is 2. The smallest absolute Gasteiger partial charge is 0.315 e. The molecule has 0 aromatic carbocycles. The van der Waals surface area contributed by atoms with Gasteiger partial charge in [-0.1, -0.05) is 18.9 Å². The van der Waals surface area contributed by atoms with Gasteiger partial charge in [0.05, 0.1) is 6.54 Å². The third-order valence-corrected chi connectivity index (χ3v) is 2.53. The van der Waals surface area contributed by atoms with Gasteiger partial charge in [0, 0.05) is 6.54 Å². The normalized spacial score (nSPS) is 15.7. The Labute approximate surface area is 96.0 Å². The van der Waals surface area contributed by atoms with E-state index in [-0.39, 0.29) is 0 Å². The summed E-state index contributed by atoms with van der Waals surface area (Å²) in [4.78, 5) is 0. The molecule has 0 spiro atoms. The van der Waals surface area contributed by atoms with E-state index in [1.54, 1.807) is 0 Å². The summed E-state index contributed by atoms with van der Waals surface area (Å²) in [6, 6.07) is 0.549. The molecule has 0 radical (unpaired) electrons. The van der Waals surface area contributed by atoms with Gasteiger partial charge in [0.25, 0.3) is 0 Å². The second-order valence-corrected chi connectivity index (χ2v) is 4.85. The summed E-state index contributed by atoms with van der Waals surface area (Å²) in [6.07, 6.45) is 2.65. The van der Waals surface area contributed by atoms with Crippen molar-refractivity contribution in [1.82, 2.24) is 15.5 Å². The van der Waals surface area contributed by atoms with E-state index in [0.29, 0.717) is 24.4 Å². The van der Waals surface area contributed by atoms with Crippen LogP contribution in [0.25, 0.3) is 0 Å². The summed E-state index contributed by atoms with van der Waals surface area (Å²) < 4.78 is 5.45. The highest BCUT2D eigenvalue weighted by atomic mass is 16.4. The molecule has 1 aromatic heterocycles. The maximum atomic E-state index is 5.45. The summed E-state index contributed by atoms with van der Waals surface area (Å²) in [5.74, 6) is 2.10. The van der Waals surface area contributed by atoms with Crippen LogP contribution in [0.5, 0.6) is 0 Å². The van der Waals surface area contributed by atoms with Crippen LogP contribution in [0.4, 0.5) is 6.01 Å². The zero-order valence-corrected chi connectivity index (χ0v) is 9.99. The number of nitrogens with zero attached hydrogens (tertiary/aromatic N) is 2. The fraction of sp³-hybridized carbons (Fsp3) is 0.818. The van der Waals surface area contributed by atoms with Gasteiger partial charge in [-0.15, -0.1) is 5.10 Å². The maximum absolute atomic E-state index is 5.45. The molecule has 1 fully saturated rings. The van der Waals surface area contributed by atoms with Crippen molar-refractivity contribution in [2.75, 3.05) is 18.4 Å². The standard InChI is InChI=1S/C11H20N4O/c1-8(2)5-12-7-10-14-15-11(16-10)13-6-9-3-4-9/h8-9,12H,3-7H2,1-2H3,(H,13,15). The lowest BCUT2D eigenvalue weighted by Crippen LogP contribution is -2.19. The minimum atomic E-state index is 0.549. The minimum Gasteiger partial charge on any atom is -0.407 e. The van der Waals surface area contributed by atoms with E-state index in [2.05, 4.69) is 34.7 Å². The molecule has 90 valence electrons. The lowest BCUT2D eigenvalue weighted by molar-refractivity contribution is 0.458. The van der Waals surface area contributed by atoms with Gasteiger partial charge in [-0.3, -0.25) is 0 Å². The van der Waals surface area contributed by atoms with Crippen LogP contribution in [-0.4, -0.2) is 23.3 Å². The molecule has 0 amide bonds. The molecular weight excluding hydrogens is 204 g/mol. The molecule has 16 heavy (non-hydrogen) atoms. The number of aromatic nitrogens is 2. The molecule has 1 saturated carbocycles. The highest BCUT2D eigenvalue weighted by Gasteiger charge is 2.21. The van der Waals surface area contributed by atoms with Crippen molar-refractivity contribution in [2.24, 2.45) is 11.8 Å². The third kappa shape index (κ3) is 3.81. The molecule has 2 N–H and O–H groups in total. The second-order valence-electron chi connectivity index (χ2n) is 4.85. The lowest BCUT2D eigenvalue weighted by Gasteiger charge is -2.03. The van der Waals surface area contributed by atoms with Crippen molar-refractivity contribution in [3.05, 3.63) is 5.89 Å². The van der Waals surface area contributed by atoms with E-state index in [0.717, 1.165) is 19.0 Å². The number of hydrogen-bond acceptors (Lipinski definition) is 5. The van der Waals surface area contributed by atoms with Crippen molar-refractivity contribution in [3.63, 3.8) is 0 Å². The predicted molar refractivity (Wildman–Crippen MR) is 62.1 cm³/mol. The fourth-order valence-electron chi connectivity index (χ4n) is 1.42. The first-order chi connectivity index (χ1) is 7.74. The van der Waals surface area contributed by atoms with E-state index in [1.165, 1.54) is 12.8 Å². The summed E-state index contributed by atoms with van der Waals surface area (Å²) in [5.41, 5.74) is 0. The quantitative estimate of drug-likeness (QED) is 0.737. The molecule has 0 saturated heterocycles. The largest absolute Gasteiger partial charge is 0.407 e. The Morgan fingerprint density at radius 3 is 2.88 bits per heavy atom. The van der Waals surface area contributed by atoms with Gasteiger partial charge in [0.15, 0.2) is 0 Å². The summed E-state index contributed by atoms with van der Waals surface area (Å²) in [6.45, 7) is 6.91. The first-order valence-electron chi connectivity index (χ1n) is 6.01. The summed E-state index contributed by atoms with van der Waals surface area (Å²) in [7, 11) is 0. The van der Waals surface area contributed by atoms with Crippen molar-refractivity contribution >= 4 is 6.01 Å². The van der Waals surface area contributed by atoms with Gasteiger partial charge in [-0.2, -0.15) is 0 Å². The van der Waals surface area contributed by atoms with Crippen LogP contribution in [-0.2, 0) is 6.54 Å². The minimum absolute atomic E-state index is 0.549. The van der Waals surface area contributed by atoms with E-state index in [4.69, 9.17) is 4.42 Å². The van der Waals surface area contributed by atoms with Crippen LogP contribution < -0.4 is 10.6 Å². The van der Waals surface area contributed by atoms with E-state index < -0.39 is 0 Å². The van der Waals surface area contributed by atoms with Crippen molar-refractivity contribution in [2.45, 2.75) is 33.2 Å². The summed E-state index contributed by atoms with van der Waals surface area (Å²) in [5, 5.41) is 14.3. The molecule has 2 rings (SSSR count). The van der Waals surface area contributed by atoms with Gasteiger partial charge in [0.2, 0.25) is 5.89 Å². The molecule has 0 unspecified atom stereocenters. The van der Waals surface area contributed by atoms with Crippen molar-refractivity contribution < 1.29 is 4.42 Å². The third-order valence-electron chi connectivity index (χ3n) is 2.53. The first-order valence-corrected chi connectivity index (χ1v) is 6.01. The van der Waals surface area contributed by atoms with Crippen molar-refractivity contribution in [3.8, 4) is 0 Å². The Kier molecular flexibility index (Phi) is 3.77. The van der Waals surface area contributed by atoms with Gasteiger partial charge in [-0.25, -0.2) is 0 Å². The average Bonchev–Trinajstić information content (AvgIpc) is 2.96.